The van der Waals surface area contributed by atoms with Gasteiger partial charge in [0.25, 0.3) is 0 Å². The Bertz CT molecular complexity index is 2480. The second-order valence-electron chi connectivity index (χ2n) is 13.2. The lowest BCUT2D eigenvalue weighted by atomic mass is 9.86. The van der Waals surface area contributed by atoms with Crippen molar-refractivity contribution in [1.29, 1.82) is 0 Å². The van der Waals surface area contributed by atoms with Crippen LogP contribution in [0.15, 0.2) is 200 Å². The Morgan fingerprint density at radius 3 is 1.43 bits per heavy atom. The number of rotatable bonds is 5. The van der Waals surface area contributed by atoms with Gasteiger partial charge in [0.05, 0.1) is 0 Å². The van der Waals surface area contributed by atoms with Crippen molar-refractivity contribution in [3.8, 4) is 33.4 Å². The molecule has 9 rings (SSSR count). The number of allylic oxidation sites excluding steroid dienone is 3. The molecule has 0 aliphatic carbocycles. The summed E-state index contributed by atoms with van der Waals surface area (Å²) in [5.74, 6) is 0. The zero-order chi connectivity index (χ0) is 34.0. The molecule has 8 aromatic rings. The summed E-state index contributed by atoms with van der Waals surface area (Å²) in [6.45, 7) is 0.771. The number of para-hydroxylation sites is 1. The van der Waals surface area contributed by atoms with Gasteiger partial charge in [-0.3, -0.25) is 0 Å². The van der Waals surface area contributed by atoms with E-state index in [1.54, 1.807) is 0 Å². The standard InChI is InChI=1S/C50H37N/c1-3-14-36(15-4-1)38-25-27-39(28-26-38)37-19-13-35-51(48-24-12-7-16-40(48)30-29-37)43-33-31-42(32-34-43)50-46-22-10-8-20-44(46)49(41-17-5-2-6-18-41)45-21-9-11-23-47(45)50/h1-29,31-34H,30,35H2/b19-13-,37-29+. The Morgan fingerprint density at radius 1 is 0.373 bits per heavy atom. The first-order valence-corrected chi connectivity index (χ1v) is 17.8. The quantitative estimate of drug-likeness (QED) is 0.167. The molecule has 0 bridgehead atoms. The van der Waals surface area contributed by atoms with Crippen molar-refractivity contribution >= 4 is 38.5 Å². The molecule has 0 fully saturated rings. The van der Waals surface area contributed by atoms with E-state index in [-0.39, 0.29) is 0 Å². The van der Waals surface area contributed by atoms with Crippen molar-refractivity contribution in [2.75, 3.05) is 11.4 Å². The summed E-state index contributed by atoms with van der Waals surface area (Å²) in [6, 6.07) is 66.1. The molecule has 1 nitrogen and oxygen atoms in total. The van der Waals surface area contributed by atoms with Gasteiger partial charge in [0.2, 0.25) is 0 Å². The third kappa shape index (κ3) is 5.83. The first-order valence-electron chi connectivity index (χ1n) is 17.8. The molecule has 51 heavy (non-hydrogen) atoms. The summed E-state index contributed by atoms with van der Waals surface area (Å²) in [5, 5.41) is 5.10. The van der Waals surface area contributed by atoms with Crippen LogP contribution in [-0.4, -0.2) is 6.54 Å². The number of hydrogen-bond acceptors (Lipinski definition) is 1. The summed E-state index contributed by atoms with van der Waals surface area (Å²) in [4.78, 5) is 2.44. The van der Waals surface area contributed by atoms with E-state index < -0.39 is 0 Å². The van der Waals surface area contributed by atoms with Crippen molar-refractivity contribution in [3.63, 3.8) is 0 Å². The van der Waals surface area contributed by atoms with Crippen LogP contribution in [0, 0.1) is 0 Å². The minimum absolute atomic E-state index is 0.771. The lowest BCUT2D eigenvalue weighted by Crippen LogP contribution is -2.18. The van der Waals surface area contributed by atoms with Crippen LogP contribution in [0.1, 0.15) is 11.1 Å². The highest BCUT2D eigenvalue weighted by molar-refractivity contribution is 6.21. The van der Waals surface area contributed by atoms with E-state index in [1.165, 1.54) is 83.0 Å². The van der Waals surface area contributed by atoms with Crippen LogP contribution in [0.3, 0.4) is 0 Å². The minimum Gasteiger partial charge on any atom is -0.337 e. The summed E-state index contributed by atoms with van der Waals surface area (Å²) in [5.41, 5.74) is 13.7. The van der Waals surface area contributed by atoms with E-state index in [2.05, 4.69) is 205 Å². The van der Waals surface area contributed by atoms with Crippen LogP contribution < -0.4 is 4.90 Å². The van der Waals surface area contributed by atoms with Gasteiger partial charge in [-0.2, -0.15) is 0 Å². The van der Waals surface area contributed by atoms with E-state index in [4.69, 9.17) is 0 Å². The van der Waals surface area contributed by atoms with Crippen LogP contribution in [-0.2, 0) is 6.42 Å². The van der Waals surface area contributed by atoms with Gasteiger partial charge < -0.3 is 4.90 Å². The van der Waals surface area contributed by atoms with Crippen LogP contribution in [0.5, 0.6) is 0 Å². The predicted octanol–water partition coefficient (Wildman–Crippen LogP) is 13.3. The summed E-state index contributed by atoms with van der Waals surface area (Å²) < 4.78 is 0. The number of hydrogen-bond donors (Lipinski definition) is 0. The first-order chi connectivity index (χ1) is 25.3. The highest BCUT2D eigenvalue weighted by Gasteiger charge is 2.18. The van der Waals surface area contributed by atoms with Gasteiger partial charge in [0.1, 0.15) is 0 Å². The van der Waals surface area contributed by atoms with Gasteiger partial charge in [-0.05, 0) is 96.2 Å². The smallest absolute Gasteiger partial charge is 0.0449 e. The van der Waals surface area contributed by atoms with Gasteiger partial charge in [-0.1, -0.05) is 182 Å². The molecule has 1 aliphatic rings. The van der Waals surface area contributed by atoms with E-state index in [1.807, 2.05) is 0 Å². The van der Waals surface area contributed by atoms with E-state index in [9.17, 15) is 0 Å². The second kappa shape index (κ2) is 13.5. The molecule has 8 aromatic carbocycles. The third-order valence-electron chi connectivity index (χ3n) is 10.2. The average molecular weight is 652 g/mol. The maximum absolute atomic E-state index is 2.44. The zero-order valence-corrected chi connectivity index (χ0v) is 28.4. The molecule has 0 atom stereocenters. The molecule has 1 aliphatic heterocycles. The van der Waals surface area contributed by atoms with Gasteiger partial charge >= 0.3 is 0 Å². The van der Waals surface area contributed by atoms with Crippen LogP contribution in [0.25, 0.3) is 60.5 Å². The van der Waals surface area contributed by atoms with Crippen molar-refractivity contribution in [2.24, 2.45) is 0 Å². The third-order valence-corrected chi connectivity index (χ3v) is 10.2. The molecule has 0 aromatic heterocycles. The maximum atomic E-state index is 2.44. The fourth-order valence-electron chi connectivity index (χ4n) is 7.73. The highest BCUT2D eigenvalue weighted by atomic mass is 15.1. The second-order valence-corrected chi connectivity index (χ2v) is 13.2. The number of nitrogens with zero attached hydrogens (tertiary/aromatic N) is 1. The van der Waals surface area contributed by atoms with Gasteiger partial charge in [0.15, 0.2) is 0 Å². The minimum atomic E-state index is 0.771. The molecule has 1 heteroatoms. The van der Waals surface area contributed by atoms with Crippen LogP contribution in [0.4, 0.5) is 11.4 Å². The Kier molecular flexibility index (Phi) is 8.08. The molecule has 0 N–H and O–H groups in total. The highest BCUT2D eigenvalue weighted by Crippen LogP contribution is 2.44. The predicted molar refractivity (Wildman–Crippen MR) is 218 cm³/mol. The topological polar surface area (TPSA) is 3.24 Å². The lowest BCUT2D eigenvalue weighted by Gasteiger charge is -2.26. The molecule has 1 heterocycles. The zero-order valence-electron chi connectivity index (χ0n) is 28.4. The Balaban J connectivity index is 1.08. The van der Waals surface area contributed by atoms with Crippen molar-refractivity contribution in [1.82, 2.24) is 0 Å². The molecule has 0 radical (unpaired) electrons. The Labute approximate surface area is 300 Å². The molecule has 0 spiro atoms. The molecular formula is C50H37N. The van der Waals surface area contributed by atoms with Gasteiger partial charge in [-0.25, -0.2) is 0 Å². The maximum Gasteiger partial charge on any atom is 0.0449 e. The van der Waals surface area contributed by atoms with Crippen molar-refractivity contribution in [2.45, 2.75) is 6.42 Å². The largest absolute Gasteiger partial charge is 0.337 e. The molecule has 242 valence electrons. The van der Waals surface area contributed by atoms with E-state index in [0.717, 1.165) is 13.0 Å². The van der Waals surface area contributed by atoms with Gasteiger partial charge in [0, 0.05) is 17.9 Å². The number of anilines is 2. The van der Waals surface area contributed by atoms with Crippen LogP contribution >= 0.6 is 0 Å². The van der Waals surface area contributed by atoms with Crippen molar-refractivity contribution in [3.05, 3.63) is 211 Å². The number of benzene rings is 8. The molecule has 0 saturated carbocycles. The fourth-order valence-corrected chi connectivity index (χ4v) is 7.73. The summed E-state index contributed by atoms with van der Waals surface area (Å²) in [7, 11) is 0. The first kappa shape index (κ1) is 30.6. The summed E-state index contributed by atoms with van der Waals surface area (Å²) >= 11 is 0. The number of fused-ring (bicyclic) bond motifs is 3. The fraction of sp³-hybridized carbons (Fsp3) is 0.0400. The average Bonchev–Trinajstić information content (AvgIpc) is 3.30. The van der Waals surface area contributed by atoms with E-state index >= 15 is 0 Å². The Hall–Kier alpha value is -6.44. The molecule has 0 amide bonds. The normalized spacial score (nSPS) is 14.6. The van der Waals surface area contributed by atoms with Crippen molar-refractivity contribution < 1.29 is 0 Å². The summed E-state index contributed by atoms with van der Waals surface area (Å²) in [6.07, 6.45) is 7.82. The molecular weight excluding hydrogens is 615 g/mol. The van der Waals surface area contributed by atoms with E-state index in [0.29, 0.717) is 0 Å². The van der Waals surface area contributed by atoms with Gasteiger partial charge in [-0.15, -0.1) is 0 Å². The van der Waals surface area contributed by atoms with Crippen LogP contribution in [0.2, 0.25) is 0 Å². The monoisotopic (exact) mass is 651 g/mol. The SMILES string of the molecule is C1=C\C(c2ccc(-c3ccccc3)cc2)=C/Cc2ccccc2N(c2ccc(-c3c4ccccc4c(-c4ccccc4)c4ccccc34)cc2)C/1. The Morgan fingerprint density at radius 2 is 0.824 bits per heavy atom. The molecule has 0 unspecified atom stereocenters. The lowest BCUT2D eigenvalue weighted by molar-refractivity contribution is 1.07. The molecule has 0 saturated heterocycles.